The summed E-state index contributed by atoms with van der Waals surface area (Å²) in [5.74, 6) is 1.71. The zero-order chi connectivity index (χ0) is 20.6. The van der Waals surface area contributed by atoms with Crippen molar-refractivity contribution in [2.45, 2.75) is 45.1 Å². The molecular formula is C24H38IN5O. The number of aromatic nitrogens is 1. The third kappa shape index (κ3) is 7.08. The minimum Gasteiger partial charge on any atom is -0.381 e. The molecule has 4 rings (SSSR count). The van der Waals surface area contributed by atoms with Gasteiger partial charge in [-0.25, -0.2) is 0 Å². The molecule has 3 N–H and O–H groups in total. The van der Waals surface area contributed by atoms with E-state index in [1.807, 2.05) is 0 Å². The third-order valence-electron chi connectivity index (χ3n) is 6.36. The first-order valence-corrected chi connectivity index (χ1v) is 11.7. The Morgan fingerprint density at radius 3 is 2.84 bits per heavy atom. The Kier molecular flexibility index (Phi) is 9.93. The highest BCUT2D eigenvalue weighted by Gasteiger charge is 2.24. The molecule has 31 heavy (non-hydrogen) atoms. The van der Waals surface area contributed by atoms with Crippen molar-refractivity contribution in [3.05, 3.63) is 36.0 Å². The molecule has 2 aromatic rings. The van der Waals surface area contributed by atoms with Crippen molar-refractivity contribution >= 4 is 40.8 Å². The van der Waals surface area contributed by atoms with Crippen molar-refractivity contribution in [2.24, 2.45) is 10.9 Å². The van der Waals surface area contributed by atoms with Gasteiger partial charge in [-0.15, -0.1) is 24.0 Å². The third-order valence-corrected chi connectivity index (χ3v) is 6.36. The van der Waals surface area contributed by atoms with E-state index in [-0.39, 0.29) is 24.0 Å². The maximum Gasteiger partial charge on any atom is 0.191 e. The normalized spacial score (nSPS) is 20.7. The van der Waals surface area contributed by atoms with Gasteiger partial charge in [0.1, 0.15) is 0 Å². The minimum absolute atomic E-state index is 0. The second-order valence-electron chi connectivity index (χ2n) is 8.67. The average Bonchev–Trinajstić information content (AvgIpc) is 3.43. The average molecular weight is 540 g/mol. The fraction of sp³-hybridized carbons (Fsp3) is 0.625. The lowest BCUT2D eigenvalue weighted by atomic mass is 10.0. The maximum absolute atomic E-state index is 5.53. The summed E-state index contributed by atoms with van der Waals surface area (Å²) in [4.78, 5) is 10.8. The van der Waals surface area contributed by atoms with Crippen LogP contribution in [-0.2, 0) is 11.2 Å². The van der Waals surface area contributed by atoms with Crippen LogP contribution in [0.2, 0.25) is 0 Å². The highest BCUT2D eigenvalue weighted by molar-refractivity contribution is 14.0. The molecule has 0 aliphatic carbocycles. The minimum atomic E-state index is 0. The first-order chi connectivity index (χ1) is 14.8. The van der Waals surface area contributed by atoms with Gasteiger partial charge in [-0.2, -0.15) is 0 Å². The molecule has 6 nitrogen and oxygen atoms in total. The van der Waals surface area contributed by atoms with Crippen LogP contribution in [0.15, 0.2) is 35.5 Å². The number of guanidine groups is 1. The van der Waals surface area contributed by atoms with Crippen LogP contribution in [0.3, 0.4) is 0 Å². The first-order valence-electron chi connectivity index (χ1n) is 11.7. The van der Waals surface area contributed by atoms with Gasteiger partial charge in [-0.1, -0.05) is 18.2 Å². The molecule has 172 valence electrons. The largest absolute Gasteiger partial charge is 0.381 e. The van der Waals surface area contributed by atoms with Crippen LogP contribution in [0.5, 0.6) is 0 Å². The van der Waals surface area contributed by atoms with E-state index in [0.717, 1.165) is 51.0 Å². The molecule has 2 fully saturated rings. The van der Waals surface area contributed by atoms with Gasteiger partial charge >= 0.3 is 0 Å². The molecule has 2 aliphatic heterocycles. The Labute approximate surface area is 203 Å². The molecule has 1 aromatic heterocycles. The standard InChI is InChI=1S/C24H37N5O.HI/c1-2-25-24(26-12-5-6-20-16-27-23-8-4-3-7-22(20)23)28-21-9-13-29(14-10-21)17-19-11-15-30-18-19;/h3-4,7-8,16,19,21,27H,2,5-6,9-15,17-18H2,1H3,(H2,25,26,28);1H. The van der Waals surface area contributed by atoms with Crippen molar-refractivity contribution in [3.8, 4) is 0 Å². The Hall–Kier alpha value is -1.32. The van der Waals surface area contributed by atoms with Crippen LogP contribution in [0.4, 0.5) is 0 Å². The van der Waals surface area contributed by atoms with E-state index < -0.39 is 0 Å². The van der Waals surface area contributed by atoms with Gasteiger partial charge in [-0.3, -0.25) is 4.99 Å². The summed E-state index contributed by atoms with van der Waals surface area (Å²) in [6, 6.07) is 9.04. The number of para-hydroxylation sites is 1. The van der Waals surface area contributed by atoms with E-state index in [0.29, 0.717) is 6.04 Å². The second kappa shape index (κ2) is 12.6. The number of aryl methyl sites for hydroxylation is 1. The summed E-state index contributed by atoms with van der Waals surface area (Å²) in [6.07, 6.45) is 7.86. The zero-order valence-corrected chi connectivity index (χ0v) is 21.1. The molecular weight excluding hydrogens is 501 g/mol. The fourth-order valence-electron chi connectivity index (χ4n) is 4.66. The van der Waals surface area contributed by atoms with Gasteiger partial charge in [0.2, 0.25) is 0 Å². The van der Waals surface area contributed by atoms with Crippen LogP contribution in [0.1, 0.15) is 38.2 Å². The summed E-state index contributed by atoms with van der Waals surface area (Å²) in [6.45, 7) is 9.33. The quantitative estimate of drug-likeness (QED) is 0.207. The number of hydrogen-bond acceptors (Lipinski definition) is 3. The lowest BCUT2D eigenvalue weighted by molar-refractivity contribution is 0.150. The molecule has 2 aliphatic rings. The van der Waals surface area contributed by atoms with Crippen LogP contribution in [0.25, 0.3) is 10.9 Å². The van der Waals surface area contributed by atoms with Crippen LogP contribution in [0, 0.1) is 5.92 Å². The smallest absolute Gasteiger partial charge is 0.191 e. The molecule has 1 atom stereocenters. The molecule has 0 spiro atoms. The number of aliphatic imine (C=N–C) groups is 1. The topological polar surface area (TPSA) is 64.7 Å². The van der Waals surface area contributed by atoms with Gasteiger partial charge in [0.05, 0.1) is 6.61 Å². The molecule has 2 saturated heterocycles. The number of rotatable bonds is 8. The van der Waals surface area contributed by atoms with E-state index in [2.05, 4.69) is 57.9 Å². The van der Waals surface area contributed by atoms with Crippen LogP contribution in [-0.4, -0.2) is 67.8 Å². The second-order valence-corrected chi connectivity index (χ2v) is 8.67. The number of piperidine rings is 1. The number of nitrogens with zero attached hydrogens (tertiary/aromatic N) is 2. The van der Waals surface area contributed by atoms with E-state index in [4.69, 9.17) is 9.73 Å². The lowest BCUT2D eigenvalue weighted by Crippen LogP contribution is -2.49. The predicted molar refractivity (Wildman–Crippen MR) is 140 cm³/mol. The number of H-pyrrole nitrogens is 1. The van der Waals surface area contributed by atoms with Crippen molar-refractivity contribution < 1.29 is 4.74 Å². The molecule has 0 bridgehead atoms. The predicted octanol–water partition coefficient (Wildman–Crippen LogP) is 3.77. The number of halogens is 1. The van der Waals surface area contributed by atoms with Crippen molar-refractivity contribution in [1.82, 2.24) is 20.5 Å². The number of nitrogens with one attached hydrogen (secondary N) is 3. The van der Waals surface area contributed by atoms with E-state index in [9.17, 15) is 0 Å². The fourth-order valence-corrected chi connectivity index (χ4v) is 4.66. The van der Waals surface area contributed by atoms with Gasteiger partial charge in [0.25, 0.3) is 0 Å². The lowest BCUT2D eigenvalue weighted by Gasteiger charge is -2.34. The number of likely N-dealkylation sites (tertiary alicyclic amines) is 1. The molecule has 3 heterocycles. The molecule has 0 radical (unpaired) electrons. The van der Waals surface area contributed by atoms with Crippen molar-refractivity contribution in [3.63, 3.8) is 0 Å². The summed E-state index contributed by atoms with van der Waals surface area (Å²) >= 11 is 0. The highest BCUT2D eigenvalue weighted by atomic mass is 127. The van der Waals surface area contributed by atoms with Gasteiger partial charge < -0.3 is 25.3 Å². The van der Waals surface area contributed by atoms with Gasteiger partial charge in [-0.05, 0) is 56.6 Å². The summed E-state index contributed by atoms with van der Waals surface area (Å²) < 4.78 is 5.53. The first kappa shape index (κ1) is 24.3. The molecule has 0 amide bonds. The van der Waals surface area contributed by atoms with E-state index >= 15 is 0 Å². The Balaban J connectivity index is 0.00000272. The van der Waals surface area contributed by atoms with Gasteiger partial charge in [0.15, 0.2) is 5.96 Å². The summed E-state index contributed by atoms with van der Waals surface area (Å²) in [5, 5.41) is 8.44. The molecule has 0 saturated carbocycles. The van der Waals surface area contributed by atoms with Crippen LogP contribution < -0.4 is 10.6 Å². The summed E-state index contributed by atoms with van der Waals surface area (Å²) in [5.41, 5.74) is 2.61. The Morgan fingerprint density at radius 2 is 2.06 bits per heavy atom. The van der Waals surface area contributed by atoms with Crippen molar-refractivity contribution in [2.75, 3.05) is 45.9 Å². The number of ether oxygens (including phenoxy) is 1. The Bertz CT molecular complexity index is 809. The summed E-state index contributed by atoms with van der Waals surface area (Å²) in [7, 11) is 0. The number of fused-ring (bicyclic) bond motifs is 1. The van der Waals surface area contributed by atoms with E-state index in [1.54, 1.807) is 0 Å². The SMILES string of the molecule is CCNC(=NCCCc1c[nH]c2ccccc12)NC1CCN(CC2CCOC2)CC1.I. The van der Waals surface area contributed by atoms with Crippen LogP contribution >= 0.6 is 24.0 Å². The number of aromatic amines is 1. The van der Waals surface area contributed by atoms with E-state index in [1.165, 1.54) is 55.4 Å². The monoisotopic (exact) mass is 539 g/mol. The number of hydrogen-bond donors (Lipinski definition) is 3. The number of benzene rings is 1. The molecule has 1 unspecified atom stereocenters. The molecule has 7 heteroatoms. The molecule has 1 aromatic carbocycles. The maximum atomic E-state index is 5.53. The highest BCUT2D eigenvalue weighted by Crippen LogP contribution is 2.19. The van der Waals surface area contributed by atoms with Crippen molar-refractivity contribution in [1.29, 1.82) is 0 Å². The zero-order valence-electron chi connectivity index (χ0n) is 18.7. The Morgan fingerprint density at radius 1 is 1.23 bits per heavy atom. The van der Waals surface area contributed by atoms with Gasteiger partial charge in [0, 0.05) is 62.5 Å².